The molecule has 9 nitrogen and oxygen atoms in total. The monoisotopic (exact) mass is 483 g/mol. The number of aromatic nitrogens is 3. The molecule has 2 aliphatic heterocycles. The molecule has 1 N–H and O–H groups in total. The van der Waals surface area contributed by atoms with Crippen LogP contribution >= 0.6 is 0 Å². The molecule has 36 heavy (non-hydrogen) atoms. The Bertz CT molecular complexity index is 1420. The summed E-state index contributed by atoms with van der Waals surface area (Å²) in [5, 5.41) is 4.65. The molecule has 1 spiro atoms. The summed E-state index contributed by atoms with van der Waals surface area (Å²) < 4.78 is 11.3. The van der Waals surface area contributed by atoms with Gasteiger partial charge < -0.3 is 19.7 Å². The van der Waals surface area contributed by atoms with Crippen LogP contribution in [0.4, 0.5) is 11.5 Å². The lowest BCUT2D eigenvalue weighted by atomic mass is 10.0. The number of carbonyl (C=O) groups excluding carboxylic acids is 2. The van der Waals surface area contributed by atoms with E-state index in [1.54, 1.807) is 29.6 Å². The third kappa shape index (κ3) is 4.41. The van der Waals surface area contributed by atoms with Gasteiger partial charge in [0.15, 0.2) is 0 Å². The van der Waals surface area contributed by atoms with Crippen molar-refractivity contribution >= 4 is 34.1 Å². The minimum Gasteiger partial charge on any atom is -0.378 e. The van der Waals surface area contributed by atoms with Crippen LogP contribution in [0.1, 0.15) is 36.2 Å². The Kier molecular flexibility index (Phi) is 5.63. The molecule has 1 saturated carbocycles. The quantitative estimate of drug-likeness (QED) is 0.571. The van der Waals surface area contributed by atoms with Crippen LogP contribution in [0.15, 0.2) is 36.8 Å². The number of amides is 2. The zero-order valence-electron chi connectivity index (χ0n) is 19.9. The zero-order chi connectivity index (χ0) is 24.7. The molecule has 9 heteroatoms. The zero-order valence-corrected chi connectivity index (χ0v) is 19.9. The van der Waals surface area contributed by atoms with E-state index in [1.807, 2.05) is 19.1 Å². The van der Waals surface area contributed by atoms with Gasteiger partial charge in [-0.15, -0.1) is 0 Å². The predicted molar refractivity (Wildman–Crippen MR) is 132 cm³/mol. The van der Waals surface area contributed by atoms with E-state index in [2.05, 4.69) is 32.1 Å². The van der Waals surface area contributed by atoms with E-state index in [0.29, 0.717) is 37.0 Å². The number of ether oxygens (including phenoxy) is 2. The summed E-state index contributed by atoms with van der Waals surface area (Å²) in [6.07, 6.45) is 7.74. The second-order valence-corrected chi connectivity index (χ2v) is 9.54. The van der Waals surface area contributed by atoms with Crippen molar-refractivity contribution in [2.24, 2.45) is 5.92 Å². The molecule has 1 aliphatic carbocycles. The van der Waals surface area contributed by atoms with Crippen molar-refractivity contribution in [3.63, 3.8) is 0 Å². The number of nitrogens with one attached hydrogen (secondary N) is 1. The van der Waals surface area contributed by atoms with E-state index in [1.165, 1.54) is 0 Å². The normalized spacial score (nSPS) is 21.5. The maximum Gasteiger partial charge on any atom is 0.253 e. The van der Waals surface area contributed by atoms with Gasteiger partial charge >= 0.3 is 0 Å². The van der Waals surface area contributed by atoms with Gasteiger partial charge in [0.05, 0.1) is 30.6 Å². The summed E-state index contributed by atoms with van der Waals surface area (Å²) in [4.78, 5) is 39.7. The average Bonchev–Trinajstić information content (AvgIpc) is 3.66. The standard InChI is InChI=1S/C27H25N5O4/c1-17-23-13-30-24(31-26(34)18-2-3-18)10-22(23)19(11-28-17)4-5-20-6-7-21(12-29-20)32-15-27(8-9-35-16-27)36-14-25(32)33/h6-7,10-13,18H,2-3,8-9,14-16H2,1H3,(H,30,31,34)/t27-/m1/s1. The molecular weight excluding hydrogens is 458 g/mol. The van der Waals surface area contributed by atoms with E-state index in [-0.39, 0.29) is 24.3 Å². The molecular formula is C27H25N5O4. The van der Waals surface area contributed by atoms with Crippen LogP contribution in [0.25, 0.3) is 10.8 Å². The van der Waals surface area contributed by atoms with Crippen molar-refractivity contribution in [1.82, 2.24) is 15.0 Å². The first-order valence-corrected chi connectivity index (χ1v) is 12.1. The Labute approximate surface area is 208 Å². The molecule has 3 aromatic heterocycles. The van der Waals surface area contributed by atoms with Gasteiger partial charge in [-0.05, 0) is 43.9 Å². The number of aryl methyl sites for hydroxylation is 1. The Morgan fingerprint density at radius 2 is 2.03 bits per heavy atom. The summed E-state index contributed by atoms with van der Waals surface area (Å²) in [7, 11) is 0. The number of hydrogen-bond acceptors (Lipinski definition) is 7. The SMILES string of the molecule is Cc1ncc(C#Cc2ccc(N3C[C@@]4(CCOC4)OCC3=O)cn2)c2cc(NC(=O)C3CC3)ncc12. The van der Waals surface area contributed by atoms with Crippen molar-refractivity contribution in [1.29, 1.82) is 0 Å². The molecule has 0 unspecified atom stereocenters. The molecule has 2 saturated heterocycles. The van der Waals surface area contributed by atoms with Crippen LogP contribution in [0.5, 0.6) is 0 Å². The number of hydrogen-bond donors (Lipinski definition) is 1. The molecule has 2 amide bonds. The van der Waals surface area contributed by atoms with Gasteiger partial charge in [-0.3, -0.25) is 14.6 Å². The summed E-state index contributed by atoms with van der Waals surface area (Å²) in [6, 6.07) is 5.50. The molecule has 6 rings (SSSR count). The number of anilines is 2. The Hall–Kier alpha value is -3.87. The number of pyridine rings is 3. The highest BCUT2D eigenvalue weighted by Gasteiger charge is 2.43. The van der Waals surface area contributed by atoms with Gasteiger partial charge in [0.1, 0.15) is 23.7 Å². The van der Waals surface area contributed by atoms with Crippen LogP contribution < -0.4 is 10.2 Å². The first kappa shape index (κ1) is 22.6. The lowest BCUT2D eigenvalue weighted by Crippen LogP contribution is -2.55. The Balaban J connectivity index is 1.24. The van der Waals surface area contributed by atoms with Gasteiger partial charge in [-0.25, -0.2) is 9.97 Å². The molecule has 5 heterocycles. The Morgan fingerprint density at radius 1 is 1.14 bits per heavy atom. The summed E-state index contributed by atoms with van der Waals surface area (Å²) in [6.45, 7) is 3.54. The molecule has 0 aromatic carbocycles. The van der Waals surface area contributed by atoms with Crippen molar-refractivity contribution in [3.8, 4) is 11.8 Å². The highest BCUT2D eigenvalue weighted by Crippen LogP contribution is 2.31. The number of rotatable bonds is 3. The second-order valence-electron chi connectivity index (χ2n) is 9.54. The van der Waals surface area contributed by atoms with Crippen LogP contribution in [-0.4, -0.2) is 58.7 Å². The minimum absolute atomic E-state index is 0.00896. The Morgan fingerprint density at radius 3 is 2.78 bits per heavy atom. The first-order valence-electron chi connectivity index (χ1n) is 12.1. The van der Waals surface area contributed by atoms with E-state index in [9.17, 15) is 9.59 Å². The summed E-state index contributed by atoms with van der Waals surface area (Å²) in [5.41, 5.74) is 2.41. The van der Waals surface area contributed by atoms with Gasteiger partial charge in [-0.1, -0.05) is 5.92 Å². The van der Waals surface area contributed by atoms with Gasteiger partial charge in [-0.2, -0.15) is 0 Å². The van der Waals surface area contributed by atoms with Crippen LogP contribution in [0.2, 0.25) is 0 Å². The average molecular weight is 484 g/mol. The molecule has 182 valence electrons. The van der Waals surface area contributed by atoms with Gasteiger partial charge in [0.25, 0.3) is 5.91 Å². The van der Waals surface area contributed by atoms with E-state index < -0.39 is 5.60 Å². The number of nitrogens with zero attached hydrogens (tertiary/aromatic N) is 4. The third-order valence-electron chi connectivity index (χ3n) is 6.87. The smallest absolute Gasteiger partial charge is 0.253 e. The predicted octanol–water partition coefficient (Wildman–Crippen LogP) is 2.60. The molecule has 0 bridgehead atoms. The topological polar surface area (TPSA) is 107 Å². The van der Waals surface area contributed by atoms with Crippen LogP contribution in [0, 0.1) is 24.7 Å². The van der Waals surface area contributed by atoms with E-state index >= 15 is 0 Å². The second kappa shape index (κ2) is 8.97. The molecule has 3 aromatic rings. The number of fused-ring (bicyclic) bond motifs is 1. The van der Waals surface area contributed by atoms with Gasteiger partial charge in [0, 0.05) is 47.8 Å². The van der Waals surface area contributed by atoms with Crippen LogP contribution in [-0.2, 0) is 19.1 Å². The fourth-order valence-electron chi connectivity index (χ4n) is 4.54. The minimum atomic E-state index is -0.433. The van der Waals surface area contributed by atoms with E-state index in [4.69, 9.17) is 9.47 Å². The molecule has 3 fully saturated rings. The highest BCUT2D eigenvalue weighted by molar-refractivity contribution is 5.97. The fourth-order valence-corrected chi connectivity index (χ4v) is 4.54. The lowest BCUT2D eigenvalue weighted by Gasteiger charge is -2.38. The fraction of sp³-hybridized carbons (Fsp3) is 0.370. The number of carbonyl (C=O) groups is 2. The summed E-state index contributed by atoms with van der Waals surface area (Å²) >= 11 is 0. The van der Waals surface area contributed by atoms with Crippen molar-refractivity contribution in [2.75, 3.05) is 36.6 Å². The maximum absolute atomic E-state index is 12.5. The van der Waals surface area contributed by atoms with Gasteiger partial charge in [0.2, 0.25) is 5.91 Å². The van der Waals surface area contributed by atoms with Crippen LogP contribution in [0.3, 0.4) is 0 Å². The first-order chi connectivity index (χ1) is 17.5. The largest absolute Gasteiger partial charge is 0.378 e. The third-order valence-corrected chi connectivity index (χ3v) is 6.87. The van der Waals surface area contributed by atoms with Crippen molar-refractivity contribution in [2.45, 2.75) is 31.8 Å². The maximum atomic E-state index is 12.5. The van der Waals surface area contributed by atoms with E-state index in [0.717, 1.165) is 41.3 Å². The molecule has 0 radical (unpaired) electrons. The number of morpholine rings is 1. The lowest BCUT2D eigenvalue weighted by molar-refractivity contribution is -0.138. The molecule has 3 aliphatic rings. The van der Waals surface area contributed by atoms with Crippen molar-refractivity contribution in [3.05, 3.63) is 53.7 Å². The van der Waals surface area contributed by atoms with Crippen molar-refractivity contribution < 1.29 is 19.1 Å². The summed E-state index contributed by atoms with van der Waals surface area (Å²) in [5.74, 6) is 6.78. The highest BCUT2D eigenvalue weighted by atomic mass is 16.6. The molecule has 1 atom stereocenters.